The predicted molar refractivity (Wildman–Crippen MR) is 55.0 cm³/mol. The minimum Gasteiger partial charge on any atom is -0.494 e. The van der Waals surface area contributed by atoms with Gasteiger partial charge in [0.25, 0.3) is 0 Å². The molecule has 1 aromatic carbocycles. The van der Waals surface area contributed by atoms with Crippen LogP contribution in [-0.4, -0.2) is 6.61 Å². The van der Waals surface area contributed by atoms with Gasteiger partial charge >= 0.3 is 0 Å². The lowest BCUT2D eigenvalue weighted by Crippen LogP contribution is -2.07. The van der Waals surface area contributed by atoms with Crippen LogP contribution in [0.1, 0.15) is 12.5 Å². The molecule has 4 heteroatoms. The molecule has 0 atom stereocenters. The molecule has 3 N–H and O–H groups in total. The molecule has 0 aliphatic rings. The molecule has 0 aliphatic heterocycles. The van der Waals surface area contributed by atoms with E-state index in [0.29, 0.717) is 12.5 Å². The van der Waals surface area contributed by atoms with E-state index in [1.54, 1.807) is 0 Å². The van der Waals surface area contributed by atoms with Crippen molar-refractivity contribution in [3.05, 3.63) is 23.8 Å². The summed E-state index contributed by atoms with van der Waals surface area (Å²) in [7, 11) is 0. The summed E-state index contributed by atoms with van der Waals surface area (Å²) in [4.78, 5) is 0. The predicted octanol–water partition coefficient (Wildman–Crippen LogP) is 2.11. The quantitative estimate of drug-likeness (QED) is 0.445. The van der Waals surface area contributed by atoms with Crippen LogP contribution in [-0.2, 0) is 5.88 Å². The number of hydrazine groups is 1. The number of rotatable bonds is 4. The Morgan fingerprint density at radius 3 is 2.85 bits per heavy atom. The maximum atomic E-state index is 5.75. The molecule has 0 amide bonds. The van der Waals surface area contributed by atoms with Crippen molar-refractivity contribution in [1.29, 1.82) is 0 Å². The molecule has 1 aromatic rings. The van der Waals surface area contributed by atoms with Gasteiger partial charge in [0.15, 0.2) is 0 Å². The van der Waals surface area contributed by atoms with Crippen LogP contribution in [0.2, 0.25) is 0 Å². The Morgan fingerprint density at radius 1 is 1.54 bits per heavy atom. The van der Waals surface area contributed by atoms with Crippen LogP contribution in [0.3, 0.4) is 0 Å². The fourth-order valence-electron chi connectivity index (χ4n) is 1.07. The van der Waals surface area contributed by atoms with Gasteiger partial charge in [0.05, 0.1) is 12.5 Å². The fraction of sp³-hybridized carbons (Fsp3) is 0.333. The fourth-order valence-corrected chi connectivity index (χ4v) is 1.28. The highest BCUT2D eigenvalue weighted by atomic mass is 35.5. The smallest absolute Gasteiger partial charge is 0.123 e. The van der Waals surface area contributed by atoms with Gasteiger partial charge in [0.2, 0.25) is 0 Å². The standard InChI is InChI=1S/C9H13ClN2O/c1-2-13-9-4-3-8(12-11)5-7(9)6-10/h3-5,12H,2,6,11H2,1H3. The van der Waals surface area contributed by atoms with E-state index in [-0.39, 0.29) is 0 Å². The van der Waals surface area contributed by atoms with E-state index in [1.807, 2.05) is 25.1 Å². The average molecular weight is 201 g/mol. The molecule has 3 nitrogen and oxygen atoms in total. The Kier molecular flexibility index (Phi) is 3.86. The zero-order chi connectivity index (χ0) is 9.68. The number of ether oxygens (including phenoxy) is 1. The van der Waals surface area contributed by atoms with Crippen molar-refractivity contribution in [1.82, 2.24) is 0 Å². The molecule has 0 fully saturated rings. The van der Waals surface area contributed by atoms with Crippen molar-refractivity contribution >= 4 is 17.3 Å². The molecule has 0 aliphatic carbocycles. The van der Waals surface area contributed by atoms with E-state index >= 15 is 0 Å². The highest BCUT2D eigenvalue weighted by Gasteiger charge is 2.02. The molecule has 72 valence electrons. The Morgan fingerprint density at radius 2 is 2.31 bits per heavy atom. The summed E-state index contributed by atoms with van der Waals surface area (Å²) in [5.41, 5.74) is 4.33. The monoisotopic (exact) mass is 200 g/mol. The topological polar surface area (TPSA) is 47.3 Å². The highest BCUT2D eigenvalue weighted by molar-refractivity contribution is 6.17. The molecule has 0 unspecified atom stereocenters. The van der Waals surface area contributed by atoms with E-state index in [1.165, 1.54) is 0 Å². The third-order valence-corrected chi connectivity index (χ3v) is 1.96. The Balaban J connectivity index is 2.93. The maximum absolute atomic E-state index is 5.75. The second-order valence-electron chi connectivity index (χ2n) is 2.53. The molecular formula is C9H13ClN2O. The van der Waals surface area contributed by atoms with Gasteiger partial charge in [0.1, 0.15) is 5.75 Å². The molecule has 0 heterocycles. The molecular weight excluding hydrogens is 188 g/mol. The van der Waals surface area contributed by atoms with E-state index < -0.39 is 0 Å². The van der Waals surface area contributed by atoms with Crippen LogP contribution >= 0.6 is 11.6 Å². The molecule has 0 saturated carbocycles. The lowest BCUT2D eigenvalue weighted by atomic mass is 10.2. The molecule has 0 spiro atoms. The number of nitrogens with two attached hydrogens (primary N) is 1. The highest BCUT2D eigenvalue weighted by Crippen LogP contribution is 2.23. The molecule has 13 heavy (non-hydrogen) atoms. The second-order valence-corrected chi connectivity index (χ2v) is 2.80. The van der Waals surface area contributed by atoms with E-state index in [9.17, 15) is 0 Å². The Hall–Kier alpha value is -0.930. The summed E-state index contributed by atoms with van der Waals surface area (Å²) >= 11 is 5.75. The Labute approximate surface area is 82.8 Å². The van der Waals surface area contributed by atoms with Gasteiger partial charge in [-0.25, -0.2) is 0 Å². The number of alkyl halides is 1. The minimum absolute atomic E-state index is 0.421. The van der Waals surface area contributed by atoms with Crippen LogP contribution in [0.15, 0.2) is 18.2 Å². The lowest BCUT2D eigenvalue weighted by molar-refractivity contribution is 0.337. The largest absolute Gasteiger partial charge is 0.494 e. The molecule has 0 radical (unpaired) electrons. The van der Waals surface area contributed by atoms with Crippen LogP contribution in [0, 0.1) is 0 Å². The van der Waals surface area contributed by atoms with Crippen molar-refractivity contribution < 1.29 is 4.74 Å². The van der Waals surface area contributed by atoms with Crippen LogP contribution in [0.5, 0.6) is 5.75 Å². The van der Waals surface area contributed by atoms with Crippen molar-refractivity contribution in [2.45, 2.75) is 12.8 Å². The summed E-state index contributed by atoms with van der Waals surface area (Å²) in [5, 5.41) is 0. The lowest BCUT2D eigenvalue weighted by Gasteiger charge is -2.09. The zero-order valence-electron chi connectivity index (χ0n) is 7.51. The first-order valence-electron chi connectivity index (χ1n) is 4.10. The Bertz CT molecular complexity index is 278. The zero-order valence-corrected chi connectivity index (χ0v) is 8.27. The number of anilines is 1. The van der Waals surface area contributed by atoms with Gasteiger partial charge < -0.3 is 10.2 Å². The summed E-state index contributed by atoms with van der Waals surface area (Å²) in [6.45, 7) is 2.58. The minimum atomic E-state index is 0.421. The van der Waals surface area contributed by atoms with Crippen molar-refractivity contribution in [2.24, 2.45) is 5.84 Å². The molecule has 1 rings (SSSR count). The second kappa shape index (κ2) is 4.94. The number of hydrogen-bond acceptors (Lipinski definition) is 3. The number of nitrogens with one attached hydrogen (secondary N) is 1. The summed E-state index contributed by atoms with van der Waals surface area (Å²) in [5.74, 6) is 6.50. The summed E-state index contributed by atoms with van der Waals surface area (Å²) in [6.07, 6.45) is 0. The first-order chi connectivity index (χ1) is 6.31. The van der Waals surface area contributed by atoms with Gasteiger partial charge in [-0.2, -0.15) is 0 Å². The number of nitrogen functional groups attached to an aromatic ring is 1. The molecule has 0 bridgehead atoms. The van der Waals surface area contributed by atoms with Gasteiger partial charge in [-0.05, 0) is 25.1 Å². The van der Waals surface area contributed by atoms with Gasteiger partial charge in [-0.3, -0.25) is 5.84 Å². The van der Waals surface area contributed by atoms with E-state index in [0.717, 1.165) is 17.0 Å². The van der Waals surface area contributed by atoms with Gasteiger partial charge in [-0.15, -0.1) is 11.6 Å². The SMILES string of the molecule is CCOc1ccc(NN)cc1CCl. The van der Waals surface area contributed by atoms with Crippen molar-refractivity contribution in [3.8, 4) is 5.75 Å². The van der Waals surface area contributed by atoms with Crippen LogP contribution in [0.4, 0.5) is 5.69 Å². The molecule has 0 saturated heterocycles. The number of halogens is 1. The van der Waals surface area contributed by atoms with Gasteiger partial charge in [-0.1, -0.05) is 0 Å². The maximum Gasteiger partial charge on any atom is 0.123 e. The van der Waals surface area contributed by atoms with Crippen LogP contribution < -0.4 is 16.0 Å². The third kappa shape index (κ3) is 2.50. The van der Waals surface area contributed by atoms with Crippen molar-refractivity contribution in [2.75, 3.05) is 12.0 Å². The van der Waals surface area contributed by atoms with Crippen molar-refractivity contribution in [3.63, 3.8) is 0 Å². The number of hydrogen-bond donors (Lipinski definition) is 2. The van der Waals surface area contributed by atoms with Gasteiger partial charge in [0, 0.05) is 11.3 Å². The number of benzene rings is 1. The average Bonchev–Trinajstić information content (AvgIpc) is 2.19. The first kappa shape index (κ1) is 10.2. The van der Waals surface area contributed by atoms with Crippen LogP contribution in [0.25, 0.3) is 0 Å². The summed E-state index contributed by atoms with van der Waals surface area (Å²) < 4.78 is 5.37. The third-order valence-electron chi connectivity index (χ3n) is 1.67. The normalized spacial score (nSPS) is 9.77. The van der Waals surface area contributed by atoms with E-state index in [2.05, 4.69) is 5.43 Å². The summed E-state index contributed by atoms with van der Waals surface area (Å²) in [6, 6.07) is 5.58. The molecule has 0 aromatic heterocycles. The first-order valence-corrected chi connectivity index (χ1v) is 4.63. The van der Waals surface area contributed by atoms with E-state index in [4.69, 9.17) is 22.2 Å².